The van der Waals surface area contributed by atoms with Gasteiger partial charge in [-0.2, -0.15) is 0 Å². The van der Waals surface area contributed by atoms with Gasteiger partial charge in [0.15, 0.2) is 0 Å². The van der Waals surface area contributed by atoms with Gasteiger partial charge in [-0.1, -0.05) is 24.3 Å². The van der Waals surface area contributed by atoms with Gasteiger partial charge < -0.3 is 14.8 Å². The zero-order chi connectivity index (χ0) is 18.3. The van der Waals surface area contributed by atoms with Gasteiger partial charge in [-0.3, -0.25) is 4.98 Å². The van der Waals surface area contributed by atoms with Crippen LogP contribution in [0.15, 0.2) is 42.7 Å². The third kappa shape index (κ3) is 6.19. The van der Waals surface area contributed by atoms with Crippen LogP contribution in [0.5, 0.6) is 0 Å². The number of pyridine rings is 1. The molecule has 0 atom stereocenters. The van der Waals surface area contributed by atoms with E-state index in [1.807, 2.05) is 33.0 Å². The molecular formula is C20H26N2O3. The number of nitrogens with one attached hydrogen (secondary N) is 1. The Morgan fingerprint density at radius 3 is 2.60 bits per heavy atom. The van der Waals surface area contributed by atoms with Crippen molar-refractivity contribution in [1.82, 2.24) is 10.3 Å². The van der Waals surface area contributed by atoms with Gasteiger partial charge in [-0.15, -0.1) is 0 Å². The van der Waals surface area contributed by atoms with Crippen molar-refractivity contribution in [3.05, 3.63) is 53.9 Å². The first-order valence-corrected chi connectivity index (χ1v) is 8.40. The van der Waals surface area contributed by atoms with E-state index in [0.29, 0.717) is 0 Å². The summed E-state index contributed by atoms with van der Waals surface area (Å²) in [5.41, 5.74) is 4.76. The van der Waals surface area contributed by atoms with Gasteiger partial charge in [0.25, 0.3) is 0 Å². The van der Waals surface area contributed by atoms with Crippen molar-refractivity contribution >= 4 is 6.09 Å². The van der Waals surface area contributed by atoms with E-state index in [4.69, 9.17) is 9.47 Å². The highest BCUT2D eigenvalue weighted by Gasteiger charge is 2.14. The molecule has 0 fully saturated rings. The molecule has 2 aromatic rings. The molecule has 1 aromatic heterocycles. The summed E-state index contributed by atoms with van der Waals surface area (Å²) in [6.07, 6.45) is 4.34. The highest BCUT2D eigenvalue weighted by molar-refractivity contribution is 5.67. The van der Waals surface area contributed by atoms with E-state index in [-0.39, 0.29) is 11.7 Å². The lowest BCUT2D eigenvalue weighted by molar-refractivity contribution is 0.0541. The number of hydrogen-bond donors (Lipinski definition) is 1. The van der Waals surface area contributed by atoms with Crippen molar-refractivity contribution in [2.45, 2.75) is 39.4 Å². The second-order valence-electron chi connectivity index (χ2n) is 6.78. The predicted octanol–water partition coefficient (Wildman–Crippen LogP) is 3.96. The van der Waals surface area contributed by atoms with Crippen LogP contribution in [0.2, 0.25) is 0 Å². The Bertz CT molecular complexity index is 694. The SMILES string of the molecule is CNC(=O)OC(C)(C)C.c1cncc(-c2ccc3c(c2)CCOC3)c1. The molecule has 5 heteroatoms. The first-order valence-electron chi connectivity index (χ1n) is 8.40. The molecular weight excluding hydrogens is 316 g/mol. The van der Waals surface area contributed by atoms with Crippen molar-refractivity contribution in [1.29, 1.82) is 0 Å². The molecule has 25 heavy (non-hydrogen) atoms. The molecule has 0 unspecified atom stereocenters. The highest BCUT2D eigenvalue weighted by atomic mass is 16.6. The summed E-state index contributed by atoms with van der Waals surface area (Å²) in [6, 6.07) is 10.6. The molecule has 1 aliphatic rings. The molecule has 0 bridgehead atoms. The maximum absolute atomic E-state index is 10.5. The summed E-state index contributed by atoms with van der Waals surface area (Å²) < 4.78 is 10.3. The molecule has 5 nitrogen and oxygen atoms in total. The first-order chi connectivity index (χ1) is 11.9. The van der Waals surface area contributed by atoms with Crippen molar-refractivity contribution in [3.8, 4) is 11.1 Å². The summed E-state index contributed by atoms with van der Waals surface area (Å²) in [5.74, 6) is 0. The van der Waals surface area contributed by atoms with Gasteiger partial charge in [-0.25, -0.2) is 4.79 Å². The Hall–Kier alpha value is -2.40. The number of hydrogen-bond acceptors (Lipinski definition) is 4. The minimum absolute atomic E-state index is 0.387. The average Bonchev–Trinajstić information content (AvgIpc) is 2.61. The van der Waals surface area contributed by atoms with Gasteiger partial charge in [0.2, 0.25) is 0 Å². The average molecular weight is 342 g/mol. The van der Waals surface area contributed by atoms with E-state index < -0.39 is 0 Å². The summed E-state index contributed by atoms with van der Waals surface area (Å²) in [4.78, 5) is 14.6. The number of fused-ring (bicyclic) bond motifs is 1. The standard InChI is InChI=1S/C14H13NO.C6H13NO2/c1-2-13(9-15-6-1)11-3-4-14-10-16-7-5-12(14)8-11;1-6(2,3)9-5(8)7-4/h1-4,6,8-9H,5,7,10H2;1-4H3,(H,7,8). The molecule has 1 aliphatic heterocycles. The predicted molar refractivity (Wildman–Crippen MR) is 98.3 cm³/mol. The molecule has 0 aliphatic carbocycles. The van der Waals surface area contributed by atoms with E-state index in [1.165, 1.54) is 29.3 Å². The largest absolute Gasteiger partial charge is 0.444 e. The minimum atomic E-state index is -0.389. The fourth-order valence-electron chi connectivity index (χ4n) is 2.41. The second kappa shape index (κ2) is 8.62. The molecule has 0 saturated carbocycles. The quantitative estimate of drug-likeness (QED) is 0.852. The lowest BCUT2D eigenvalue weighted by Gasteiger charge is -2.18. The number of carbonyl (C=O) groups is 1. The highest BCUT2D eigenvalue weighted by Crippen LogP contribution is 2.24. The third-order valence-electron chi connectivity index (χ3n) is 3.58. The maximum atomic E-state index is 10.5. The Balaban J connectivity index is 0.000000217. The van der Waals surface area contributed by atoms with Crippen LogP contribution < -0.4 is 5.32 Å². The number of nitrogens with zero attached hydrogens (tertiary/aromatic N) is 1. The summed E-state index contributed by atoms with van der Waals surface area (Å²) in [7, 11) is 1.54. The molecule has 0 spiro atoms. The normalized spacial score (nSPS) is 13.1. The Kier molecular flexibility index (Phi) is 6.53. The van der Waals surface area contributed by atoms with E-state index in [2.05, 4.69) is 34.6 Å². The molecule has 134 valence electrons. The number of benzene rings is 1. The smallest absolute Gasteiger partial charge is 0.407 e. The van der Waals surface area contributed by atoms with Crippen LogP contribution in [0.4, 0.5) is 4.79 Å². The van der Waals surface area contributed by atoms with Gasteiger partial charge in [-0.05, 0) is 55.5 Å². The lowest BCUT2D eigenvalue weighted by Crippen LogP contribution is -2.30. The Morgan fingerprint density at radius 2 is 2.00 bits per heavy atom. The number of amides is 1. The first kappa shape index (κ1) is 18.9. The molecule has 3 rings (SSSR count). The molecule has 1 N–H and O–H groups in total. The number of rotatable bonds is 1. The second-order valence-corrected chi connectivity index (χ2v) is 6.78. The number of ether oxygens (including phenoxy) is 2. The summed E-state index contributed by atoms with van der Waals surface area (Å²) in [5, 5.41) is 2.36. The Morgan fingerprint density at radius 1 is 1.20 bits per heavy atom. The van der Waals surface area contributed by atoms with Crippen molar-refractivity contribution in [2.24, 2.45) is 0 Å². The van der Waals surface area contributed by atoms with Crippen LogP contribution in [0.1, 0.15) is 31.9 Å². The fourth-order valence-corrected chi connectivity index (χ4v) is 2.41. The van der Waals surface area contributed by atoms with Gasteiger partial charge in [0.1, 0.15) is 5.60 Å². The van der Waals surface area contributed by atoms with Crippen LogP contribution in [0.25, 0.3) is 11.1 Å². The van der Waals surface area contributed by atoms with Crippen LogP contribution in [0, 0.1) is 0 Å². The van der Waals surface area contributed by atoms with Crippen LogP contribution in [0.3, 0.4) is 0 Å². The lowest BCUT2D eigenvalue weighted by atomic mass is 9.97. The van der Waals surface area contributed by atoms with Crippen molar-refractivity contribution in [3.63, 3.8) is 0 Å². The topological polar surface area (TPSA) is 60.5 Å². The minimum Gasteiger partial charge on any atom is -0.444 e. The van der Waals surface area contributed by atoms with E-state index >= 15 is 0 Å². The number of carbonyl (C=O) groups excluding carboxylic acids is 1. The third-order valence-corrected chi connectivity index (χ3v) is 3.58. The van der Waals surface area contributed by atoms with Gasteiger partial charge >= 0.3 is 6.09 Å². The maximum Gasteiger partial charge on any atom is 0.407 e. The van der Waals surface area contributed by atoms with Crippen molar-refractivity contribution < 1.29 is 14.3 Å². The number of alkyl carbamates (subject to hydrolysis) is 1. The van der Waals surface area contributed by atoms with E-state index in [1.54, 1.807) is 6.20 Å². The van der Waals surface area contributed by atoms with E-state index in [0.717, 1.165) is 19.6 Å². The summed E-state index contributed by atoms with van der Waals surface area (Å²) >= 11 is 0. The van der Waals surface area contributed by atoms with Crippen molar-refractivity contribution in [2.75, 3.05) is 13.7 Å². The zero-order valence-electron chi connectivity index (χ0n) is 15.3. The van der Waals surface area contributed by atoms with E-state index in [9.17, 15) is 4.79 Å². The molecule has 2 heterocycles. The fraction of sp³-hybridized carbons (Fsp3) is 0.400. The summed E-state index contributed by atoms with van der Waals surface area (Å²) in [6.45, 7) is 7.05. The number of aromatic nitrogens is 1. The van der Waals surface area contributed by atoms with Crippen LogP contribution >= 0.6 is 0 Å². The van der Waals surface area contributed by atoms with Crippen LogP contribution in [-0.4, -0.2) is 30.3 Å². The molecule has 1 amide bonds. The molecule has 0 saturated heterocycles. The van der Waals surface area contributed by atoms with Gasteiger partial charge in [0, 0.05) is 19.4 Å². The molecule has 1 aromatic carbocycles. The van der Waals surface area contributed by atoms with Gasteiger partial charge in [0.05, 0.1) is 13.2 Å². The molecule has 0 radical (unpaired) electrons. The zero-order valence-corrected chi connectivity index (χ0v) is 15.3. The Labute approximate surface area is 149 Å². The van der Waals surface area contributed by atoms with Crippen LogP contribution in [-0.2, 0) is 22.5 Å². The monoisotopic (exact) mass is 342 g/mol.